The molecule has 12 nitrogen and oxygen atoms in total. The van der Waals surface area contributed by atoms with Gasteiger partial charge in [0.1, 0.15) is 31.5 Å². The lowest BCUT2D eigenvalue weighted by atomic mass is 9.40. The smallest absolute Gasteiger partial charge is 0.331 e. The molecule has 0 unspecified atom stereocenters. The van der Waals surface area contributed by atoms with Crippen LogP contribution in [0.15, 0.2) is 11.6 Å². The molecule has 0 aromatic carbocycles. The lowest BCUT2D eigenvalue weighted by Crippen LogP contribution is -2.76. The van der Waals surface area contributed by atoms with Gasteiger partial charge in [0.2, 0.25) is 0 Å². The van der Waals surface area contributed by atoms with E-state index < -0.39 is 82.0 Å². The molecule has 0 radical (unpaired) electrons. The van der Waals surface area contributed by atoms with Crippen molar-refractivity contribution < 1.29 is 57.9 Å². The van der Waals surface area contributed by atoms with Crippen LogP contribution in [0.1, 0.15) is 79.6 Å². The molecule has 1 heterocycles. The summed E-state index contributed by atoms with van der Waals surface area (Å²) in [7, 11) is 0. The topological polar surface area (TPSA) is 172 Å². The van der Waals surface area contributed by atoms with Gasteiger partial charge in [0, 0.05) is 57.9 Å². The third-order valence-corrected chi connectivity index (χ3v) is 11.2. The molecule has 1 aliphatic heterocycles. The Hall–Kier alpha value is -2.99. The fourth-order valence-corrected chi connectivity index (χ4v) is 9.80. The van der Waals surface area contributed by atoms with Crippen LogP contribution in [0.4, 0.5) is 0 Å². The first-order valence-corrected chi connectivity index (χ1v) is 15.0. The second-order valence-corrected chi connectivity index (χ2v) is 13.4. The highest BCUT2D eigenvalue weighted by molar-refractivity contribution is 5.85. The van der Waals surface area contributed by atoms with Crippen molar-refractivity contribution in [2.75, 3.05) is 13.2 Å². The summed E-state index contributed by atoms with van der Waals surface area (Å²) >= 11 is 0. The predicted molar refractivity (Wildman–Crippen MR) is 146 cm³/mol. The molecule has 0 bridgehead atoms. The van der Waals surface area contributed by atoms with Crippen LogP contribution in [0.25, 0.3) is 0 Å². The Morgan fingerprint density at radius 2 is 1.60 bits per heavy atom. The van der Waals surface area contributed by atoms with E-state index >= 15 is 0 Å². The highest BCUT2D eigenvalue weighted by atomic mass is 16.6. The van der Waals surface area contributed by atoms with E-state index in [-0.39, 0.29) is 44.8 Å². The molecule has 0 aromatic rings. The Labute approximate surface area is 250 Å². The van der Waals surface area contributed by atoms with Crippen LogP contribution in [-0.2, 0) is 47.7 Å². The van der Waals surface area contributed by atoms with Gasteiger partial charge in [0.25, 0.3) is 0 Å². The minimum Gasteiger partial charge on any atom is -0.465 e. The van der Waals surface area contributed by atoms with E-state index in [1.54, 1.807) is 0 Å². The number of cyclic esters (lactones) is 1. The van der Waals surface area contributed by atoms with E-state index in [9.17, 15) is 34.2 Å². The maximum atomic E-state index is 12.8. The largest absolute Gasteiger partial charge is 0.465 e. The third-order valence-electron chi connectivity index (χ3n) is 11.2. The number of esters is 5. The molecule has 0 amide bonds. The zero-order valence-corrected chi connectivity index (χ0v) is 25.4. The third kappa shape index (κ3) is 4.94. The number of rotatable bonds is 6. The molecule has 5 rings (SSSR count). The van der Waals surface area contributed by atoms with Gasteiger partial charge < -0.3 is 33.9 Å². The number of ether oxygens (including phenoxy) is 5. The molecule has 0 aromatic heterocycles. The number of hydrogen-bond acceptors (Lipinski definition) is 12. The van der Waals surface area contributed by atoms with Crippen molar-refractivity contribution in [1.82, 2.24) is 0 Å². The number of aliphatic hydroxyl groups is 2. The van der Waals surface area contributed by atoms with Crippen molar-refractivity contribution >= 4 is 29.8 Å². The van der Waals surface area contributed by atoms with E-state index in [1.807, 2.05) is 6.92 Å². The Balaban J connectivity index is 1.68. The molecule has 0 spiro atoms. The first kappa shape index (κ1) is 31.4. The Morgan fingerprint density at radius 3 is 2.19 bits per heavy atom. The number of fused-ring (bicyclic) bond motifs is 5. The standard InChI is InChI=1S/C31H42O12/c1-16(32)40-15-30-25(43-19(4)35)11-21(41-17(2)33)12-29(30,37)8-6-23-27(30)24(42-18(3)34)13-28(5)22(7-9-31(23,28)38)20-10-26(36)39-14-20/h10,21-25,27,37-38H,6-9,11-15H2,1-5H3/t21-,22-,23-,24+,25-,27-,28-,29+,30+,31-/m0/s1. The maximum absolute atomic E-state index is 12.8. The summed E-state index contributed by atoms with van der Waals surface area (Å²) in [6.07, 6.45) is 0.250. The predicted octanol–water partition coefficient (Wildman–Crippen LogP) is 1.92. The second-order valence-electron chi connectivity index (χ2n) is 13.4. The van der Waals surface area contributed by atoms with Gasteiger partial charge in [-0.3, -0.25) is 19.2 Å². The van der Waals surface area contributed by atoms with Gasteiger partial charge in [-0.2, -0.15) is 0 Å². The molecule has 43 heavy (non-hydrogen) atoms. The molecule has 0 saturated heterocycles. The van der Waals surface area contributed by atoms with Gasteiger partial charge in [-0.05, 0) is 49.5 Å². The summed E-state index contributed by atoms with van der Waals surface area (Å²) in [6.45, 7) is 6.70. The summed E-state index contributed by atoms with van der Waals surface area (Å²) in [4.78, 5) is 61.4. The maximum Gasteiger partial charge on any atom is 0.331 e. The number of carbonyl (C=O) groups is 5. The Kier molecular flexibility index (Phi) is 7.95. The van der Waals surface area contributed by atoms with Crippen LogP contribution in [0.3, 0.4) is 0 Å². The van der Waals surface area contributed by atoms with Gasteiger partial charge >= 0.3 is 29.8 Å². The minimum absolute atomic E-state index is 0.0173. The summed E-state index contributed by atoms with van der Waals surface area (Å²) < 4.78 is 28.3. The molecule has 5 aliphatic rings. The van der Waals surface area contributed by atoms with Crippen molar-refractivity contribution in [1.29, 1.82) is 0 Å². The minimum atomic E-state index is -1.68. The van der Waals surface area contributed by atoms with E-state index in [4.69, 9.17) is 23.7 Å². The Morgan fingerprint density at radius 1 is 0.930 bits per heavy atom. The van der Waals surface area contributed by atoms with Gasteiger partial charge in [0.15, 0.2) is 0 Å². The zero-order chi connectivity index (χ0) is 31.5. The van der Waals surface area contributed by atoms with Crippen molar-refractivity contribution in [3.8, 4) is 0 Å². The molecule has 238 valence electrons. The number of carbonyl (C=O) groups excluding carboxylic acids is 5. The molecular formula is C31H42O12. The summed E-state index contributed by atoms with van der Waals surface area (Å²) in [6, 6.07) is 0. The van der Waals surface area contributed by atoms with Crippen LogP contribution in [0, 0.1) is 28.6 Å². The van der Waals surface area contributed by atoms with Crippen molar-refractivity contribution in [2.45, 2.75) is 109 Å². The summed E-state index contributed by atoms with van der Waals surface area (Å²) in [5, 5.41) is 25.4. The van der Waals surface area contributed by atoms with Crippen LogP contribution in [0.5, 0.6) is 0 Å². The summed E-state index contributed by atoms with van der Waals surface area (Å²) in [5.41, 5.74) is -4.58. The lowest BCUT2D eigenvalue weighted by Gasteiger charge is -2.68. The molecule has 10 atom stereocenters. The molecule has 2 N–H and O–H groups in total. The van der Waals surface area contributed by atoms with Crippen LogP contribution >= 0.6 is 0 Å². The van der Waals surface area contributed by atoms with Crippen LogP contribution < -0.4 is 0 Å². The van der Waals surface area contributed by atoms with Crippen molar-refractivity contribution in [3.63, 3.8) is 0 Å². The molecule has 12 heteroatoms. The average molecular weight is 607 g/mol. The van der Waals surface area contributed by atoms with Crippen molar-refractivity contribution in [3.05, 3.63) is 11.6 Å². The number of hydrogen-bond donors (Lipinski definition) is 2. The van der Waals surface area contributed by atoms with Gasteiger partial charge in [-0.15, -0.1) is 0 Å². The monoisotopic (exact) mass is 606 g/mol. The molecule has 4 saturated carbocycles. The van der Waals surface area contributed by atoms with E-state index in [2.05, 4.69) is 0 Å². The molecule has 4 aliphatic carbocycles. The SMILES string of the molecule is CC(=O)OC[C@@]12[C@@H]3[C@H](OC(C)=O)C[C@@]4(C)[C@H](C5=CC(=O)OC5)CC[C@]4(O)[C@H]3CC[C@@]1(O)C[C@@H](OC(C)=O)C[C@@H]2OC(C)=O. The first-order valence-electron chi connectivity index (χ1n) is 15.0. The highest BCUT2D eigenvalue weighted by Gasteiger charge is 2.77. The lowest BCUT2D eigenvalue weighted by molar-refractivity contribution is -0.320. The molecular weight excluding hydrogens is 564 g/mol. The summed E-state index contributed by atoms with van der Waals surface area (Å²) in [5.74, 6) is -4.43. The quantitative estimate of drug-likeness (QED) is 0.333. The van der Waals surface area contributed by atoms with Crippen LogP contribution in [-0.4, -0.2) is 82.8 Å². The first-order chi connectivity index (χ1) is 20.1. The van der Waals surface area contributed by atoms with Gasteiger partial charge in [-0.25, -0.2) is 4.79 Å². The Bertz CT molecular complexity index is 1240. The van der Waals surface area contributed by atoms with Crippen molar-refractivity contribution in [2.24, 2.45) is 28.6 Å². The van der Waals surface area contributed by atoms with Gasteiger partial charge in [-0.1, -0.05) is 6.92 Å². The fourth-order valence-electron chi connectivity index (χ4n) is 9.80. The van der Waals surface area contributed by atoms with Gasteiger partial charge in [0.05, 0.1) is 16.6 Å². The second kappa shape index (κ2) is 10.9. The van der Waals surface area contributed by atoms with E-state index in [0.717, 1.165) is 5.57 Å². The normalized spacial score (nSPS) is 43.2. The molecule has 4 fully saturated rings. The van der Waals surface area contributed by atoms with E-state index in [1.165, 1.54) is 33.8 Å². The van der Waals surface area contributed by atoms with Crippen LogP contribution in [0.2, 0.25) is 0 Å². The van der Waals surface area contributed by atoms with E-state index in [0.29, 0.717) is 19.3 Å². The fraction of sp³-hybridized carbons (Fsp3) is 0.774. The highest BCUT2D eigenvalue weighted by Crippen LogP contribution is 2.71. The average Bonchev–Trinajstić information content (AvgIpc) is 3.41. The zero-order valence-electron chi connectivity index (χ0n) is 25.4.